The van der Waals surface area contributed by atoms with Gasteiger partial charge in [0, 0.05) is 11.2 Å². The van der Waals surface area contributed by atoms with Crippen molar-refractivity contribution in [1.82, 2.24) is 0 Å². The fraction of sp³-hybridized carbons (Fsp3) is 0.0769. The summed E-state index contributed by atoms with van der Waals surface area (Å²) >= 11 is 0.546. The highest BCUT2D eigenvalue weighted by Gasteiger charge is 2.17. The Labute approximate surface area is 103 Å². The van der Waals surface area contributed by atoms with Crippen LogP contribution in [0.4, 0.5) is 0 Å². The molecule has 0 saturated heterocycles. The van der Waals surface area contributed by atoms with Crippen LogP contribution >= 0.6 is 11.8 Å². The van der Waals surface area contributed by atoms with Gasteiger partial charge in [-0.15, -0.1) is 11.8 Å². The van der Waals surface area contributed by atoms with Crippen molar-refractivity contribution >= 4 is 22.9 Å². The van der Waals surface area contributed by atoms with Gasteiger partial charge in [0.05, 0.1) is 4.90 Å². The lowest BCUT2D eigenvalue weighted by atomic mass is 10.4. The fourth-order valence-corrected chi connectivity index (χ4v) is 3.52. The average molecular weight is 248 g/mol. The Morgan fingerprint density at radius 2 is 1.56 bits per heavy atom. The summed E-state index contributed by atoms with van der Waals surface area (Å²) in [7, 11) is 0. The molecule has 3 heteroatoms. The molecule has 0 aliphatic heterocycles. The summed E-state index contributed by atoms with van der Waals surface area (Å²) in [4.78, 5) is 2.81. The topological polar surface area (TPSA) is 23.1 Å². The highest BCUT2D eigenvalue weighted by molar-refractivity contribution is 7.99. The van der Waals surface area contributed by atoms with Gasteiger partial charge in [-0.05, 0) is 30.5 Å². The molecule has 0 spiro atoms. The molecule has 16 heavy (non-hydrogen) atoms. The van der Waals surface area contributed by atoms with E-state index in [0.29, 0.717) is 0 Å². The lowest BCUT2D eigenvalue weighted by molar-refractivity contribution is 0.593. The summed E-state index contributed by atoms with van der Waals surface area (Å²) in [6.45, 7) is 0. The first kappa shape index (κ1) is 11.6. The molecular formula is C13H12OS2. The van der Waals surface area contributed by atoms with Crippen molar-refractivity contribution in [2.24, 2.45) is 0 Å². The minimum atomic E-state index is -1.08. The summed E-state index contributed by atoms with van der Waals surface area (Å²) in [6.07, 6.45) is 2.00. The Kier molecular flexibility index (Phi) is 3.93. The molecule has 2 aromatic rings. The van der Waals surface area contributed by atoms with Gasteiger partial charge in [0.2, 0.25) is 0 Å². The minimum absolute atomic E-state index is 0.851. The molecule has 0 amide bonds. The number of hydrogen-bond donors (Lipinski definition) is 0. The van der Waals surface area contributed by atoms with Crippen LogP contribution in [0, 0.1) is 0 Å². The van der Waals surface area contributed by atoms with E-state index in [2.05, 4.69) is 0 Å². The normalized spacial score (nSPS) is 12.4. The van der Waals surface area contributed by atoms with Crippen LogP contribution in [0.1, 0.15) is 0 Å². The second-order valence-electron chi connectivity index (χ2n) is 3.23. The Morgan fingerprint density at radius 3 is 2.25 bits per heavy atom. The van der Waals surface area contributed by atoms with Crippen LogP contribution in [0.5, 0.6) is 0 Å². The molecule has 0 aromatic heterocycles. The van der Waals surface area contributed by atoms with Crippen molar-refractivity contribution in [2.75, 3.05) is 6.26 Å². The predicted octanol–water partition coefficient (Wildman–Crippen LogP) is 3.58. The molecule has 82 valence electrons. The minimum Gasteiger partial charge on any atom is -0.606 e. The zero-order valence-electron chi connectivity index (χ0n) is 8.92. The van der Waals surface area contributed by atoms with E-state index in [0.717, 1.165) is 14.7 Å². The van der Waals surface area contributed by atoms with E-state index < -0.39 is 11.2 Å². The zero-order valence-corrected chi connectivity index (χ0v) is 10.6. The van der Waals surface area contributed by atoms with E-state index in [1.165, 1.54) is 0 Å². The van der Waals surface area contributed by atoms with Gasteiger partial charge in [-0.3, -0.25) is 0 Å². The lowest BCUT2D eigenvalue weighted by Gasteiger charge is -2.12. The van der Waals surface area contributed by atoms with Crippen LogP contribution in [0.2, 0.25) is 0 Å². The Balaban J connectivity index is 2.37. The monoisotopic (exact) mass is 248 g/mol. The second-order valence-corrected chi connectivity index (χ2v) is 5.53. The third-order valence-electron chi connectivity index (χ3n) is 2.23. The first-order valence-corrected chi connectivity index (χ1v) is 7.30. The van der Waals surface area contributed by atoms with Crippen molar-refractivity contribution in [3.63, 3.8) is 0 Å². The van der Waals surface area contributed by atoms with Crippen LogP contribution in [0.15, 0.2) is 69.3 Å². The molecule has 0 heterocycles. The maximum Gasteiger partial charge on any atom is 0.171 e. The Bertz CT molecular complexity index is 456. The molecule has 1 atom stereocenters. The number of hydrogen-bond acceptors (Lipinski definition) is 2. The van der Waals surface area contributed by atoms with E-state index in [1.807, 2.05) is 60.9 Å². The fourth-order valence-electron chi connectivity index (χ4n) is 1.44. The van der Waals surface area contributed by atoms with E-state index in [-0.39, 0.29) is 0 Å². The molecular weight excluding hydrogens is 236 g/mol. The van der Waals surface area contributed by atoms with Crippen molar-refractivity contribution in [3.8, 4) is 0 Å². The predicted molar refractivity (Wildman–Crippen MR) is 69.3 cm³/mol. The molecule has 2 rings (SSSR count). The van der Waals surface area contributed by atoms with Crippen molar-refractivity contribution < 1.29 is 4.55 Å². The van der Waals surface area contributed by atoms with E-state index in [9.17, 15) is 4.55 Å². The maximum atomic E-state index is 12.3. The van der Waals surface area contributed by atoms with Gasteiger partial charge < -0.3 is 4.55 Å². The number of benzene rings is 2. The molecule has 0 aliphatic rings. The van der Waals surface area contributed by atoms with Crippen molar-refractivity contribution in [2.45, 2.75) is 14.7 Å². The smallest absolute Gasteiger partial charge is 0.171 e. The van der Waals surface area contributed by atoms with Gasteiger partial charge in [-0.1, -0.05) is 30.3 Å². The summed E-state index contributed by atoms with van der Waals surface area (Å²) in [5.41, 5.74) is 0. The Hall–Kier alpha value is -0.900. The van der Waals surface area contributed by atoms with Gasteiger partial charge in [-0.2, -0.15) is 0 Å². The van der Waals surface area contributed by atoms with E-state index in [4.69, 9.17) is 0 Å². The SMILES string of the molecule is CSc1ccccc1[S+]([O-])c1ccccc1. The summed E-state index contributed by atoms with van der Waals surface area (Å²) in [5, 5.41) is 0. The highest BCUT2D eigenvalue weighted by Crippen LogP contribution is 2.29. The summed E-state index contributed by atoms with van der Waals surface area (Å²) < 4.78 is 12.3. The van der Waals surface area contributed by atoms with Crippen molar-refractivity contribution in [1.29, 1.82) is 0 Å². The zero-order chi connectivity index (χ0) is 11.4. The largest absolute Gasteiger partial charge is 0.606 e. The number of rotatable bonds is 3. The van der Waals surface area contributed by atoms with Gasteiger partial charge in [0.15, 0.2) is 9.79 Å². The molecule has 0 aliphatic carbocycles. The Morgan fingerprint density at radius 1 is 0.938 bits per heavy atom. The van der Waals surface area contributed by atoms with Gasteiger partial charge in [-0.25, -0.2) is 0 Å². The molecule has 0 bridgehead atoms. The van der Waals surface area contributed by atoms with Crippen LogP contribution in [0.3, 0.4) is 0 Å². The molecule has 1 unspecified atom stereocenters. The second kappa shape index (κ2) is 5.43. The first-order valence-electron chi connectivity index (χ1n) is 4.93. The van der Waals surface area contributed by atoms with Crippen LogP contribution in [-0.4, -0.2) is 10.8 Å². The quantitative estimate of drug-likeness (QED) is 0.612. The van der Waals surface area contributed by atoms with Crippen molar-refractivity contribution in [3.05, 3.63) is 54.6 Å². The summed E-state index contributed by atoms with van der Waals surface area (Å²) in [6, 6.07) is 17.4. The third kappa shape index (κ3) is 2.43. The molecule has 2 aromatic carbocycles. The van der Waals surface area contributed by atoms with E-state index in [1.54, 1.807) is 11.8 Å². The highest BCUT2D eigenvalue weighted by atomic mass is 32.2. The average Bonchev–Trinajstić information content (AvgIpc) is 2.39. The molecule has 0 fully saturated rings. The molecule has 0 saturated carbocycles. The van der Waals surface area contributed by atoms with Gasteiger partial charge in [0.1, 0.15) is 0 Å². The summed E-state index contributed by atoms with van der Waals surface area (Å²) in [5.74, 6) is 0. The van der Waals surface area contributed by atoms with Gasteiger partial charge >= 0.3 is 0 Å². The van der Waals surface area contributed by atoms with E-state index >= 15 is 0 Å². The molecule has 0 radical (unpaired) electrons. The number of thioether (sulfide) groups is 1. The first-order chi connectivity index (χ1) is 7.83. The van der Waals surface area contributed by atoms with Gasteiger partial charge in [0.25, 0.3) is 0 Å². The molecule has 1 nitrogen and oxygen atoms in total. The third-order valence-corrected chi connectivity index (χ3v) is 4.61. The van der Waals surface area contributed by atoms with Crippen LogP contribution in [0.25, 0.3) is 0 Å². The van der Waals surface area contributed by atoms with Crippen LogP contribution in [-0.2, 0) is 11.2 Å². The standard InChI is InChI=1S/C13H12OS2/c1-15-12-9-5-6-10-13(12)16(14)11-7-3-2-4-8-11/h2-10H,1H3. The van der Waals surface area contributed by atoms with Crippen LogP contribution < -0.4 is 0 Å². The maximum absolute atomic E-state index is 12.3. The lowest BCUT2D eigenvalue weighted by Crippen LogP contribution is -2.03. The molecule has 0 N–H and O–H groups in total.